The Hall–Kier alpha value is -3.71. The summed E-state index contributed by atoms with van der Waals surface area (Å²) in [5, 5.41) is 42.3. The zero-order valence-electron chi connectivity index (χ0n) is 17.0. The number of phenolic OH excluding ortho intramolecular Hbond substituents is 1. The molecule has 3 amide bonds. The Bertz CT molecular complexity index is 829. The SMILES string of the molecule is NC(Cc1ccc(O)cc1)C(=O)NC(CCC(=O)O)C(=O)NCC(=O)NC(CO)C(=O)O. The van der Waals surface area contributed by atoms with Crippen LogP contribution in [0.4, 0.5) is 0 Å². The van der Waals surface area contributed by atoms with Gasteiger partial charge in [0.15, 0.2) is 0 Å². The van der Waals surface area contributed by atoms with Crippen molar-refractivity contribution in [2.24, 2.45) is 5.73 Å². The molecule has 1 rings (SSSR count). The van der Waals surface area contributed by atoms with E-state index in [-0.39, 0.29) is 18.6 Å². The molecule has 13 nitrogen and oxygen atoms in total. The predicted octanol–water partition coefficient (Wildman–Crippen LogP) is -2.71. The maximum atomic E-state index is 12.4. The minimum absolute atomic E-state index is 0.0369. The van der Waals surface area contributed by atoms with Gasteiger partial charge in [0.05, 0.1) is 19.2 Å². The number of benzene rings is 1. The van der Waals surface area contributed by atoms with E-state index in [9.17, 15) is 29.1 Å². The van der Waals surface area contributed by atoms with Gasteiger partial charge < -0.3 is 42.1 Å². The Morgan fingerprint density at radius 1 is 0.938 bits per heavy atom. The summed E-state index contributed by atoms with van der Waals surface area (Å²) in [4.78, 5) is 58.2. The van der Waals surface area contributed by atoms with Crippen LogP contribution in [0.5, 0.6) is 5.75 Å². The van der Waals surface area contributed by atoms with Gasteiger partial charge >= 0.3 is 11.9 Å². The van der Waals surface area contributed by atoms with Gasteiger partial charge in [-0.3, -0.25) is 19.2 Å². The lowest BCUT2D eigenvalue weighted by atomic mass is 10.0. The average Bonchev–Trinajstić information content (AvgIpc) is 2.74. The molecule has 1 aromatic rings. The molecule has 0 saturated carbocycles. The van der Waals surface area contributed by atoms with E-state index in [4.69, 9.17) is 21.1 Å². The van der Waals surface area contributed by atoms with Crippen molar-refractivity contribution in [3.8, 4) is 5.75 Å². The van der Waals surface area contributed by atoms with E-state index in [1.807, 2.05) is 5.32 Å². The standard InChI is InChI=1S/C19H26N4O9/c20-12(7-10-1-3-11(25)4-2-10)17(29)23-13(5-6-16(27)28)18(30)21-8-15(26)22-14(9-24)19(31)32/h1-4,12-14,24-25H,5-9,20H2,(H,21,30)(H,22,26)(H,23,29)(H,27,28)(H,31,32). The number of aromatic hydroxyl groups is 1. The third-order valence-electron chi connectivity index (χ3n) is 4.25. The number of hydrogen-bond acceptors (Lipinski definition) is 8. The van der Waals surface area contributed by atoms with Crippen LogP contribution in [0.15, 0.2) is 24.3 Å². The van der Waals surface area contributed by atoms with Gasteiger partial charge in [-0.1, -0.05) is 12.1 Å². The zero-order chi connectivity index (χ0) is 24.3. The number of hydrogen-bond donors (Lipinski definition) is 8. The molecule has 0 bridgehead atoms. The number of amides is 3. The number of aliphatic carboxylic acids is 2. The molecular formula is C19H26N4O9. The molecule has 0 aliphatic heterocycles. The van der Waals surface area contributed by atoms with E-state index in [2.05, 4.69) is 10.6 Å². The summed E-state index contributed by atoms with van der Waals surface area (Å²) in [6.45, 7) is -1.52. The van der Waals surface area contributed by atoms with Gasteiger partial charge in [-0.15, -0.1) is 0 Å². The highest BCUT2D eigenvalue weighted by Gasteiger charge is 2.26. The van der Waals surface area contributed by atoms with Crippen molar-refractivity contribution < 1.29 is 44.4 Å². The summed E-state index contributed by atoms with van der Waals surface area (Å²) in [5.74, 6) is -5.17. The molecule has 13 heteroatoms. The van der Waals surface area contributed by atoms with Crippen molar-refractivity contribution in [2.45, 2.75) is 37.4 Å². The lowest BCUT2D eigenvalue weighted by molar-refractivity contribution is -0.142. The molecule has 1 aromatic carbocycles. The molecule has 0 heterocycles. The summed E-state index contributed by atoms with van der Waals surface area (Å²) < 4.78 is 0. The van der Waals surface area contributed by atoms with Crippen LogP contribution in [0, 0.1) is 0 Å². The first-order valence-corrected chi connectivity index (χ1v) is 9.49. The fourth-order valence-electron chi connectivity index (χ4n) is 2.52. The van der Waals surface area contributed by atoms with Crippen molar-refractivity contribution in [1.82, 2.24) is 16.0 Å². The van der Waals surface area contributed by atoms with Crippen LogP contribution in [0.25, 0.3) is 0 Å². The van der Waals surface area contributed by atoms with Gasteiger partial charge in [0.2, 0.25) is 17.7 Å². The average molecular weight is 454 g/mol. The third-order valence-corrected chi connectivity index (χ3v) is 4.25. The first-order chi connectivity index (χ1) is 15.0. The van der Waals surface area contributed by atoms with Crippen LogP contribution >= 0.6 is 0 Å². The fourth-order valence-corrected chi connectivity index (χ4v) is 2.52. The highest BCUT2D eigenvalue weighted by atomic mass is 16.4. The molecule has 3 atom stereocenters. The highest BCUT2D eigenvalue weighted by Crippen LogP contribution is 2.11. The van der Waals surface area contributed by atoms with Crippen molar-refractivity contribution in [3.63, 3.8) is 0 Å². The molecule has 0 fully saturated rings. The van der Waals surface area contributed by atoms with E-state index in [1.165, 1.54) is 12.1 Å². The van der Waals surface area contributed by atoms with E-state index in [1.54, 1.807) is 12.1 Å². The Morgan fingerprint density at radius 3 is 2.09 bits per heavy atom. The molecule has 176 valence electrons. The van der Waals surface area contributed by atoms with E-state index < -0.39 is 67.4 Å². The summed E-state index contributed by atoms with van der Waals surface area (Å²) in [6.07, 6.45) is -0.655. The first-order valence-electron chi connectivity index (χ1n) is 9.49. The maximum absolute atomic E-state index is 12.4. The summed E-state index contributed by atoms with van der Waals surface area (Å²) >= 11 is 0. The molecule has 3 unspecified atom stereocenters. The van der Waals surface area contributed by atoms with Crippen LogP contribution in [-0.4, -0.2) is 81.4 Å². The van der Waals surface area contributed by atoms with Crippen molar-refractivity contribution in [2.75, 3.05) is 13.2 Å². The monoisotopic (exact) mass is 454 g/mol. The van der Waals surface area contributed by atoms with Crippen LogP contribution in [0.3, 0.4) is 0 Å². The molecule has 0 saturated heterocycles. The summed E-state index contributed by atoms with van der Waals surface area (Å²) in [7, 11) is 0. The Labute approximate surface area is 182 Å². The maximum Gasteiger partial charge on any atom is 0.328 e. The van der Waals surface area contributed by atoms with Crippen molar-refractivity contribution >= 4 is 29.7 Å². The topological polar surface area (TPSA) is 228 Å². The molecule has 0 aliphatic carbocycles. The second-order valence-corrected chi connectivity index (χ2v) is 6.83. The zero-order valence-corrected chi connectivity index (χ0v) is 17.0. The number of carboxylic acids is 2. The summed E-state index contributed by atoms with van der Waals surface area (Å²) in [5.41, 5.74) is 6.49. The molecule has 0 spiro atoms. The van der Waals surface area contributed by atoms with Crippen molar-refractivity contribution in [3.05, 3.63) is 29.8 Å². The van der Waals surface area contributed by atoms with Gasteiger partial charge in [-0.25, -0.2) is 4.79 Å². The van der Waals surface area contributed by atoms with Gasteiger partial charge in [0, 0.05) is 6.42 Å². The Morgan fingerprint density at radius 2 is 1.56 bits per heavy atom. The molecule has 32 heavy (non-hydrogen) atoms. The third kappa shape index (κ3) is 9.40. The number of aliphatic hydroxyl groups is 1. The number of phenols is 1. The predicted molar refractivity (Wildman–Crippen MR) is 108 cm³/mol. The number of carboxylic acid groups (broad SMARTS) is 2. The largest absolute Gasteiger partial charge is 0.508 e. The normalized spacial score (nSPS) is 13.3. The fraction of sp³-hybridized carbons (Fsp3) is 0.421. The van der Waals surface area contributed by atoms with Crippen LogP contribution in [0.1, 0.15) is 18.4 Å². The van der Waals surface area contributed by atoms with Crippen molar-refractivity contribution in [1.29, 1.82) is 0 Å². The van der Waals surface area contributed by atoms with E-state index >= 15 is 0 Å². The lowest BCUT2D eigenvalue weighted by Crippen LogP contribution is -2.54. The number of rotatable bonds is 13. The molecule has 0 radical (unpaired) electrons. The van der Waals surface area contributed by atoms with Crippen LogP contribution in [-0.2, 0) is 30.4 Å². The number of aliphatic hydroxyl groups excluding tert-OH is 1. The molecule has 9 N–H and O–H groups in total. The van der Waals surface area contributed by atoms with E-state index in [0.717, 1.165) is 0 Å². The lowest BCUT2D eigenvalue weighted by Gasteiger charge is -2.20. The first kappa shape index (κ1) is 26.3. The second-order valence-electron chi connectivity index (χ2n) is 6.83. The Balaban J connectivity index is 2.70. The van der Waals surface area contributed by atoms with Gasteiger partial charge in [-0.05, 0) is 30.5 Å². The quantitative estimate of drug-likeness (QED) is 0.154. The number of carbonyl (C=O) groups excluding carboxylic acids is 3. The van der Waals surface area contributed by atoms with Gasteiger partial charge in [0.1, 0.15) is 17.8 Å². The number of carbonyl (C=O) groups is 5. The second kappa shape index (κ2) is 12.9. The van der Waals surface area contributed by atoms with Crippen LogP contribution < -0.4 is 21.7 Å². The molecule has 0 aromatic heterocycles. The minimum atomic E-state index is -1.56. The smallest absolute Gasteiger partial charge is 0.328 e. The minimum Gasteiger partial charge on any atom is -0.508 e. The molecular weight excluding hydrogens is 428 g/mol. The van der Waals surface area contributed by atoms with Gasteiger partial charge in [0.25, 0.3) is 0 Å². The summed E-state index contributed by atoms with van der Waals surface area (Å²) in [6, 6.07) is 2.01. The number of nitrogens with two attached hydrogens (primary N) is 1. The number of nitrogens with one attached hydrogen (secondary N) is 3. The van der Waals surface area contributed by atoms with Crippen LogP contribution in [0.2, 0.25) is 0 Å². The van der Waals surface area contributed by atoms with Gasteiger partial charge in [-0.2, -0.15) is 0 Å². The highest BCUT2D eigenvalue weighted by molar-refractivity contribution is 5.92. The Kier molecular flexibility index (Phi) is 10.6. The molecule has 0 aliphatic rings. The van der Waals surface area contributed by atoms with E-state index in [0.29, 0.717) is 5.56 Å².